The fourth-order valence-electron chi connectivity index (χ4n) is 4.54. The molecule has 0 spiro atoms. The van der Waals surface area contributed by atoms with Gasteiger partial charge < -0.3 is 0 Å². The highest BCUT2D eigenvalue weighted by molar-refractivity contribution is 4.87. The van der Waals surface area contributed by atoms with Crippen LogP contribution >= 0.6 is 0 Å². The lowest BCUT2D eigenvalue weighted by Crippen LogP contribution is -2.33. The summed E-state index contributed by atoms with van der Waals surface area (Å²) in [4.78, 5) is 0. The second kappa shape index (κ2) is 4.70. The summed E-state index contributed by atoms with van der Waals surface area (Å²) in [7, 11) is 0. The first-order valence-electron chi connectivity index (χ1n) is 7.46. The van der Waals surface area contributed by atoms with Crippen LogP contribution in [-0.4, -0.2) is 0 Å². The van der Waals surface area contributed by atoms with E-state index in [0.717, 1.165) is 23.7 Å². The van der Waals surface area contributed by atoms with Gasteiger partial charge in [0.15, 0.2) is 0 Å². The van der Waals surface area contributed by atoms with E-state index in [1.807, 2.05) is 0 Å². The van der Waals surface area contributed by atoms with Crippen LogP contribution in [0.3, 0.4) is 0 Å². The van der Waals surface area contributed by atoms with Crippen LogP contribution in [0.15, 0.2) is 0 Å². The van der Waals surface area contributed by atoms with E-state index in [0.29, 0.717) is 5.41 Å². The Labute approximate surface area is 102 Å². The third kappa shape index (κ3) is 3.02. The summed E-state index contributed by atoms with van der Waals surface area (Å²) in [6.45, 7) is 9.88. The van der Waals surface area contributed by atoms with E-state index in [1.165, 1.54) is 44.9 Å². The molecule has 0 bridgehead atoms. The monoisotopic (exact) mass is 222 g/mol. The van der Waals surface area contributed by atoms with Crippen molar-refractivity contribution in [1.82, 2.24) is 0 Å². The molecule has 0 nitrogen and oxygen atoms in total. The smallest absolute Gasteiger partial charge is 0.0349 e. The average Bonchev–Trinajstić information content (AvgIpc) is 2.15. The topological polar surface area (TPSA) is 0 Å². The molecule has 0 radical (unpaired) electrons. The largest absolute Gasteiger partial charge is 0.0625 e. The highest BCUT2D eigenvalue weighted by Crippen LogP contribution is 2.47. The van der Waals surface area contributed by atoms with Gasteiger partial charge in [-0.15, -0.1) is 0 Å². The van der Waals surface area contributed by atoms with Gasteiger partial charge in [-0.2, -0.15) is 0 Å². The van der Waals surface area contributed by atoms with Crippen LogP contribution in [-0.2, 0) is 0 Å². The van der Waals surface area contributed by atoms with E-state index in [-0.39, 0.29) is 0 Å². The molecule has 0 aromatic rings. The van der Waals surface area contributed by atoms with Gasteiger partial charge in [-0.05, 0) is 61.2 Å². The molecule has 0 aromatic carbocycles. The maximum absolute atomic E-state index is 2.49. The molecule has 0 aliphatic heterocycles. The molecule has 2 atom stereocenters. The van der Waals surface area contributed by atoms with Crippen molar-refractivity contribution in [3.8, 4) is 0 Å². The summed E-state index contributed by atoms with van der Waals surface area (Å²) in [6, 6.07) is 0. The second-order valence-electron chi connectivity index (χ2n) is 7.69. The Morgan fingerprint density at radius 1 is 0.750 bits per heavy atom. The molecule has 94 valence electrons. The van der Waals surface area contributed by atoms with Gasteiger partial charge in [-0.3, -0.25) is 0 Å². The van der Waals surface area contributed by atoms with Crippen LogP contribution in [0.4, 0.5) is 0 Å². The molecular formula is C16H30. The van der Waals surface area contributed by atoms with Crippen LogP contribution in [0.5, 0.6) is 0 Å². The Balaban J connectivity index is 1.93. The Morgan fingerprint density at radius 2 is 1.38 bits per heavy atom. The average molecular weight is 222 g/mol. The van der Waals surface area contributed by atoms with Crippen LogP contribution in [0, 0.1) is 29.1 Å². The number of hydrogen-bond donors (Lipinski definition) is 0. The van der Waals surface area contributed by atoms with Gasteiger partial charge in [0, 0.05) is 0 Å². The first-order valence-corrected chi connectivity index (χ1v) is 7.46. The second-order valence-corrected chi connectivity index (χ2v) is 7.69. The Bertz CT molecular complexity index is 220. The van der Waals surface area contributed by atoms with E-state index in [2.05, 4.69) is 27.7 Å². The molecule has 2 aliphatic rings. The molecule has 2 unspecified atom stereocenters. The van der Waals surface area contributed by atoms with Crippen molar-refractivity contribution < 1.29 is 0 Å². The summed E-state index contributed by atoms with van der Waals surface area (Å²) in [5.41, 5.74) is 0.616. The summed E-state index contributed by atoms with van der Waals surface area (Å²) in [6.07, 6.45) is 10.5. The molecule has 0 saturated heterocycles. The molecular weight excluding hydrogens is 192 g/mol. The summed E-state index contributed by atoms with van der Waals surface area (Å²) < 4.78 is 0. The fraction of sp³-hybridized carbons (Fsp3) is 1.00. The van der Waals surface area contributed by atoms with E-state index < -0.39 is 0 Å². The third-order valence-electron chi connectivity index (χ3n) is 5.15. The van der Waals surface area contributed by atoms with Gasteiger partial charge in [0.2, 0.25) is 0 Å². The van der Waals surface area contributed by atoms with Crippen molar-refractivity contribution in [3.63, 3.8) is 0 Å². The first kappa shape index (κ1) is 12.5. The molecule has 2 aliphatic carbocycles. The zero-order valence-corrected chi connectivity index (χ0v) is 11.8. The van der Waals surface area contributed by atoms with Gasteiger partial charge in [0.25, 0.3) is 0 Å². The Kier molecular flexibility index (Phi) is 3.66. The highest BCUT2D eigenvalue weighted by Gasteiger charge is 2.36. The predicted molar refractivity (Wildman–Crippen MR) is 71.4 cm³/mol. The third-order valence-corrected chi connectivity index (χ3v) is 5.15. The zero-order valence-electron chi connectivity index (χ0n) is 11.8. The van der Waals surface area contributed by atoms with Gasteiger partial charge in [0.1, 0.15) is 0 Å². The molecule has 2 rings (SSSR count). The van der Waals surface area contributed by atoms with Crippen molar-refractivity contribution >= 4 is 0 Å². The molecule has 0 aromatic heterocycles. The maximum atomic E-state index is 2.49. The van der Waals surface area contributed by atoms with E-state index in [4.69, 9.17) is 0 Å². The van der Waals surface area contributed by atoms with Gasteiger partial charge in [-0.1, -0.05) is 40.5 Å². The quantitative estimate of drug-likeness (QED) is 0.566. The molecule has 16 heavy (non-hydrogen) atoms. The van der Waals surface area contributed by atoms with Crippen molar-refractivity contribution in [2.75, 3.05) is 0 Å². The summed E-state index contributed by atoms with van der Waals surface area (Å²) in [5.74, 6) is 4.09. The lowest BCUT2D eigenvalue weighted by Gasteiger charge is -2.44. The van der Waals surface area contributed by atoms with Gasteiger partial charge in [-0.25, -0.2) is 0 Å². The van der Waals surface area contributed by atoms with Crippen LogP contribution in [0.1, 0.15) is 72.6 Å². The Morgan fingerprint density at radius 3 is 1.94 bits per heavy atom. The molecule has 2 saturated carbocycles. The van der Waals surface area contributed by atoms with E-state index in [1.54, 1.807) is 0 Å². The Hall–Kier alpha value is 0. The number of rotatable bonds is 1. The lowest BCUT2D eigenvalue weighted by atomic mass is 9.62. The minimum absolute atomic E-state index is 0.616. The van der Waals surface area contributed by atoms with Crippen LogP contribution in [0.2, 0.25) is 0 Å². The van der Waals surface area contributed by atoms with E-state index in [9.17, 15) is 0 Å². The maximum Gasteiger partial charge on any atom is -0.0349 e. The summed E-state index contributed by atoms with van der Waals surface area (Å²) >= 11 is 0. The van der Waals surface area contributed by atoms with Crippen molar-refractivity contribution in [1.29, 1.82) is 0 Å². The van der Waals surface area contributed by atoms with Crippen molar-refractivity contribution in [3.05, 3.63) is 0 Å². The molecule has 0 heteroatoms. The van der Waals surface area contributed by atoms with Crippen molar-refractivity contribution in [2.45, 2.75) is 72.6 Å². The SMILES string of the molecule is CC1CCC(C2CC(C)CC(C)(C)C2)CC1. The molecule has 0 amide bonds. The number of hydrogen-bond acceptors (Lipinski definition) is 0. The van der Waals surface area contributed by atoms with Gasteiger partial charge in [0.05, 0.1) is 0 Å². The fourth-order valence-corrected chi connectivity index (χ4v) is 4.54. The highest BCUT2D eigenvalue weighted by atomic mass is 14.4. The standard InChI is InChI=1S/C16H30/c1-12-5-7-14(8-6-12)15-9-13(2)10-16(3,4)11-15/h12-15H,5-11H2,1-4H3. The van der Waals surface area contributed by atoms with Crippen LogP contribution < -0.4 is 0 Å². The zero-order chi connectivity index (χ0) is 11.8. The minimum Gasteiger partial charge on any atom is -0.0625 e. The lowest BCUT2D eigenvalue weighted by molar-refractivity contribution is 0.0728. The van der Waals surface area contributed by atoms with Crippen molar-refractivity contribution in [2.24, 2.45) is 29.1 Å². The van der Waals surface area contributed by atoms with Gasteiger partial charge >= 0.3 is 0 Å². The summed E-state index contributed by atoms with van der Waals surface area (Å²) in [5, 5.41) is 0. The van der Waals surface area contributed by atoms with Crippen LogP contribution in [0.25, 0.3) is 0 Å². The van der Waals surface area contributed by atoms with E-state index >= 15 is 0 Å². The first-order chi connectivity index (χ1) is 7.46. The molecule has 2 fully saturated rings. The molecule has 0 heterocycles. The normalized spacial score (nSPS) is 44.2. The molecule has 0 N–H and O–H groups in total. The predicted octanol–water partition coefficient (Wildman–Crippen LogP) is 5.28. The minimum atomic E-state index is 0.616.